The quantitative estimate of drug-likeness (QED) is 0.256. The molecule has 0 saturated carbocycles. The summed E-state index contributed by atoms with van der Waals surface area (Å²) in [5.41, 5.74) is 2.43. The topological polar surface area (TPSA) is 98.3 Å². The van der Waals surface area contributed by atoms with E-state index < -0.39 is 17.0 Å². The Morgan fingerprint density at radius 1 is 1.15 bits per heavy atom. The number of nitrogens with one attached hydrogen (secondary N) is 3. The first-order valence-electron chi connectivity index (χ1n) is 12.9. The van der Waals surface area contributed by atoms with Crippen molar-refractivity contribution in [3.8, 4) is 21.8 Å². The number of aryl methyl sites for hydroxylation is 1. The second kappa shape index (κ2) is 12.3. The Hall–Kier alpha value is -3.52. The fraction of sp³-hybridized carbons (Fsp3) is 0.296. The molecule has 0 aliphatic carbocycles. The number of anilines is 4. The minimum absolute atomic E-state index is 0.115. The van der Waals surface area contributed by atoms with Crippen LogP contribution in [0.25, 0.3) is 21.8 Å². The summed E-state index contributed by atoms with van der Waals surface area (Å²) in [6.45, 7) is 7.37. The van der Waals surface area contributed by atoms with E-state index in [4.69, 9.17) is 0 Å². The third-order valence-electron chi connectivity index (χ3n) is 6.46. The van der Waals surface area contributed by atoms with Crippen molar-refractivity contribution in [2.45, 2.75) is 13.8 Å². The maximum absolute atomic E-state index is 15.6. The van der Waals surface area contributed by atoms with E-state index in [0.29, 0.717) is 34.2 Å². The number of piperazine rings is 1. The van der Waals surface area contributed by atoms with Crippen LogP contribution in [-0.2, 0) is 11.2 Å². The number of halogens is 2. The first kappa shape index (κ1) is 28.0. The van der Waals surface area contributed by atoms with Gasteiger partial charge in [0.05, 0.1) is 32.6 Å². The second-order valence-electron chi connectivity index (χ2n) is 9.17. The van der Waals surface area contributed by atoms with Gasteiger partial charge in [0.25, 0.3) is 0 Å². The fourth-order valence-electron chi connectivity index (χ4n) is 4.29. The SMILES string of the molecule is CCN(C)S(=O)Nc1cccc(-c2nc(C)sc2-c2ccnc(Nc3ccc(N4CCNCC4)c(F)c3)n2)c1F. The predicted octanol–water partition coefficient (Wildman–Crippen LogP) is 4.95. The van der Waals surface area contributed by atoms with Crippen LogP contribution in [0.15, 0.2) is 48.7 Å². The van der Waals surface area contributed by atoms with Crippen molar-refractivity contribution in [3.63, 3.8) is 0 Å². The van der Waals surface area contributed by atoms with E-state index >= 15 is 4.39 Å². The van der Waals surface area contributed by atoms with Crippen LogP contribution >= 0.6 is 11.3 Å². The van der Waals surface area contributed by atoms with Gasteiger partial charge < -0.3 is 15.5 Å². The molecule has 4 aromatic rings. The molecule has 0 spiro atoms. The Bertz CT molecular complexity index is 1530. The lowest BCUT2D eigenvalue weighted by Gasteiger charge is -2.29. The molecule has 1 atom stereocenters. The number of hydrogen-bond acceptors (Lipinski definition) is 8. The van der Waals surface area contributed by atoms with Gasteiger partial charge in [-0.2, -0.15) is 0 Å². The summed E-state index contributed by atoms with van der Waals surface area (Å²) in [5.74, 6) is -0.601. The summed E-state index contributed by atoms with van der Waals surface area (Å²) in [6, 6.07) is 11.6. The molecule has 0 amide bonds. The van der Waals surface area contributed by atoms with Crippen molar-refractivity contribution >= 4 is 45.5 Å². The van der Waals surface area contributed by atoms with Crippen LogP contribution < -0.4 is 20.3 Å². The van der Waals surface area contributed by atoms with Crippen molar-refractivity contribution in [3.05, 3.63) is 65.3 Å². The molecule has 0 bridgehead atoms. The molecule has 1 saturated heterocycles. The molecule has 0 radical (unpaired) electrons. The normalized spacial score (nSPS) is 14.4. The third-order valence-corrected chi connectivity index (χ3v) is 8.68. The van der Waals surface area contributed by atoms with Crippen molar-refractivity contribution in [2.24, 2.45) is 0 Å². The first-order chi connectivity index (χ1) is 19.3. The lowest BCUT2D eigenvalue weighted by Crippen LogP contribution is -2.43. The highest BCUT2D eigenvalue weighted by Gasteiger charge is 2.21. The Kier molecular flexibility index (Phi) is 8.64. The molecule has 9 nitrogen and oxygen atoms in total. The number of hydrogen-bond donors (Lipinski definition) is 3. The Labute approximate surface area is 238 Å². The van der Waals surface area contributed by atoms with Gasteiger partial charge in [-0.05, 0) is 43.3 Å². The first-order valence-corrected chi connectivity index (χ1v) is 14.8. The van der Waals surface area contributed by atoms with Crippen molar-refractivity contribution in [2.75, 3.05) is 54.7 Å². The monoisotopic (exact) mass is 584 g/mol. The molecule has 210 valence electrons. The zero-order valence-corrected chi connectivity index (χ0v) is 24.0. The van der Waals surface area contributed by atoms with E-state index in [1.807, 2.05) is 18.7 Å². The van der Waals surface area contributed by atoms with Crippen LogP contribution in [0.3, 0.4) is 0 Å². The van der Waals surface area contributed by atoms with Gasteiger partial charge in [0.2, 0.25) is 5.95 Å². The molecule has 3 N–H and O–H groups in total. The molecule has 1 aliphatic rings. The zero-order valence-electron chi connectivity index (χ0n) is 22.4. The number of rotatable bonds is 9. The zero-order chi connectivity index (χ0) is 28.2. The number of nitrogens with zero attached hydrogens (tertiary/aromatic N) is 5. The molecule has 40 heavy (non-hydrogen) atoms. The van der Waals surface area contributed by atoms with Crippen LogP contribution in [0.5, 0.6) is 0 Å². The molecule has 2 aromatic heterocycles. The molecule has 5 rings (SSSR count). The molecule has 13 heteroatoms. The van der Waals surface area contributed by atoms with Gasteiger partial charge in [-0.15, -0.1) is 11.3 Å². The molecule has 2 aromatic carbocycles. The minimum atomic E-state index is -1.59. The number of thiazole rings is 1. The minimum Gasteiger partial charge on any atom is -0.367 e. The molecular formula is C27H30F2N8OS2. The molecule has 1 aliphatic heterocycles. The summed E-state index contributed by atoms with van der Waals surface area (Å²) < 4.78 is 47.3. The van der Waals surface area contributed by atoms with Gasteiger partial charge in [-0.3, -0.25) is 4.72 Å². The summed E-state index contributed by atoms with van der Waals surface area (Å²) in [7, 11) is 1.68. The van der Waals surface area contributed by atoms with Gasteiger partial charge in [0.15, 0.2) is 17.0 Å². The third kappa shape index (κ3) is 6.12. The van der Waals surface area contributed by atoms with Gasteiger partial charge >= 0.3 is 0 Å². The lowest BCUT2D eigenvalue weighted by atomic mass is 10.1. The highest BCUT2D eigenvalue weighted by Crippen LogP contribution is 2.38. The molecule has 3 heterocycles. The van der Waals surface area contributed by atoms with E-state index in [1.54, 1.807) is 53.9 Å². The second-order valence-corrected chi connectivity index (χ2v) is 11.7. The maximum Gasteiger partial charge on any atom is 0.227 e. The van der Waals surface area contributed by atoms with E-state index in [9.17, 15) is 8.60 Å². The van der Waals surface area contributed by atoms with Crippen molar-refractivity contribution < 1.29 is 13.0 Å². The van der Waals surface area contributed by atoms with E-state index in [1.165, 1.54) is 17.4 Å². The predicted molar refractivity (Wildman–Crippen MR) is 158 cm³/mol. The molecular weight excluding hydrogens is 554 g/mol. The van der Waals surface area contributed by atoms with Crippen LogP contribution in [0.1, 0.15) is 11.9 Å². The standard InChI is InChI=1S/C27H30F2N8OS2/c1-4-36(3)40(38)35-21-7-5-6-19(24(21)29)25-26(39-17(2)32-25)22-10-11-31-27(34-22)33-18-8-9-23(20(28)16-18)37-14-12-30-13-15-37/h5-11,16,30,35H,4,12-15H2,1-3H3,(H,31,33,34). The summed E-state index contributed by atoms with van der Waals surface area (Å²) in [5, 5.41) is 7.08. The van der Waals surface area contributed by atoms with Crippen molar-refractivity contribution in [1.29, 1.82) is 0 Å². The van der Waals surface area contributed by atoms with Crippen molar-refractivity contribution in [1.82, 2.24) is 24.6 Å². The van der Waals surface area contributed by atoms with E-state index in [2.05, 4.69) is 30.3 Å². The fourth-order valence-corrected chi connectivity index (χ4v) is 5.93. The number of benzene rings is 2. The maximum atomic E-state index is 15.6. The van der Waals surface area contributed by atoms with E-state index in [0.717, 1.165) is 31.2 Å². The average molecular weight is 585 g/mol. The van der Waals surface area contributed by atoms with Crippen LogP contribution in [0, 0.1) is 18.6 Å². The largest absolute Gasteiger partial charge is 0.367 e. The summed E-state index contributed by atoms with van der Waals surface area (Å²) in [6.07, 6.45) is 1.59. The summed E-state index contributed by atoms with van der Waals surface area (Å²) in [4.78, 5) is 16.2. The van der Waals surface area contributed by atoms with E-state index in [-0.39, 0.29) is 23.0 Å². The average Bonchev–Trinajstić information content (AvgIpc) is 3.35. The molecule has 1 fully saturated rings. The van der Waals surface area contributed by atoms with Gasteiger partial charge in [-0.1, -0.05) is 13.0 Å². The molecule has 1 unspecified atom stereocenters. The highest BCUT2D eigenvalue weighted by molar-refractivity contribution is 7.84. The number of aromatic nitrogens is 3. The Morgan fingerprint density at radius 2 is 1.95 bits per heavy atom. The summed E-state index contributed by atoms with van der Waals surface area (Å²) >= 11 is -0.211. The van der Waals surface area contributed by atoms with Crippen LogP contribution in [0.2, 0.25) is 0 Å². The smallest absolute Gasteiger partial charge is 0.227 e. The van der Waals surface area contributed by atoms with Gasteiger partial charge in [0.1, 0.15) is 5.82 Å². The van der Waals surface area contributed by atoms with Crippen LogP contribution in [0.4, 0.5) is 31.8 Å². The van der Waals surface area contributed by atoms with Crippen LogP contribution in [-0.4, -0.2) is 63.2 Å². The Balaban J connectivity index is 1.41. The lowest BCUT2D eigenvalue weighted by molar-refractivity contribution is 0.551. The Morgan fingerprint density at radius 3 is 2.70 bits per heavy atom. The van der Waals surface area contributed by atoms with Gasteiger partial charge in [0, 0.05) is 57.2 Å². The van der Waals surface area contributed by atoms with Gasteiger partial charge in [-0.25, -0.2) is 32.2 Å². The highest BCUT2D eigenvalue weighted by atomic mass is 32.2.